The number of halogens is 3. The Balaban J connectivity index is 3.08. The van der Waals surface area contributed by atoms with Gasteiger partial charge in [-0.05, 0) is 24.1 Å². The largest absolute Gasteiger partial charge is 0.416 e. The smallest absolute Gasteiger partial charge is 0.331 e. The fraction of sp³-hybridized carbons (Fsp3) is 0.417. The second kappa shape index (κ2) is 5.29. The van der Waals surface area contributed by atoms with Crippen LogP contribution in [0, 0.1) is 0 Å². The molecule has 0 atom stereocenters. The van der Waals surface area contributed by atoms with Crippen LogP contribution in [0.2, 0.25) is 0 Å². The SMILES string of the molecule is CCc1ccc(NC(=O)N(C)C)cc1C(F)(F)F. The molecule has 0 saturated carbocycles. The lowest BCUT2D eigenvalue weighted by atomic mass is 10.0. The minimum absolute atomic E-state index is 0.137. The third-order valence-electron chi connectivity index (χ3n) is 2.45. The van der Waals surface area contributed by atoms with E-state index in [1.807, 2.05) is 0 Å². The Morgan fingerprint density at radius 2 is 1.94 bits per heavy atom. The number of rotatable bonds is 2. The Morgan fingerprint density at radius 1 is 1.33 bits per heavy atom. The topological polar surface area (TPSA) is 32.3 Å². The van der Waals surface area contributed by atoms with Crippen molar-refractivity contribution in [2.45, 2.75) is 19.5 Å². The van der Waals surface area contributed by atoms with Gasteiger partial charge in [0.05, 0.1) is 5.56 Å². The van der Waals surface area contributed by atoms with Crippen molar-refractivity contribution in [2.24, 2.45) is 0 Å². The monoisotopic (exact) mass is 260 g/mol. The summed E-state index contributed by atoms with van der Waals surface area (Å²) < 4.78 is 38.4. The summed E-state index contributed by atoms with van der Waals surface area (Å²) in [7, 11) is 3.03. The van der Waals surface area contributed by atoms with Crippen LogP contribution in [0.25, 0.3) is 0 Å². The Bertz CT molecular complexity index is 441. The van der Waals surface area contributed by atoms with Crippen molar-refractivity contribution in [3.05, 3.63) is 29.3 Å². The molecule has 1 aromatic rings. The van der Waals surface area contributed by atoms with Crippen LogP contribution in [-0.2, 0) is 12.6 Å². The van der Waals surface area contributed by atoms with Gasteiger partial charge in [-0.2, -0.15) is 13.2 Å². The molecule has 1 aromatic carbocycles. The molecule has 0 aliphatic heterocycles. The lowest BCUT2D eigenvalue weighted by Gasteiger charge is -2.16. The fourth-order valence-electron chi connectivity index (χ4n) is 1.46. The molecule has 1 N–H and O–H groups in total. The van der Waals surface area contributed by atoms with Crippen LogP contribution in [-0.4, -0.2) is 25.0 Å². The first-order valence-electron chi connectivity index (χ1n) is 5.44. The van der Waals surface area contributed by atoms with E-state index in [-0.39, 0.29) is 17.7 Å². The first kappa shape index (κ1) is 14.3. The normalized spacial score (nSPS) is 11.2. The Hall–Kier alpha value is -1.72. The summed E-state index contributed by atoms with van der Waals surface area (Å²) >= 11 is 0. The average molecular weight is 260 g/mol. The van der Waals surface area contributed by atoms with Gasteiger partial charge < -0.3 is 10.2 Å². The number of aryl methyl sites for hydroxylation is 1. The second-order valence-electron chi connectivity index (χ2n) is 4.05. The number of nitrogens with one attached hydrogen (secondary N) is 1. The quantitative estimate of drug-likeness (QED) is 0.868. The third kappa shape index (κ3) is 3.38. The van der Waals surface area contributed by atoms with Gasteiger partial charge in [0.1, 0.15) is 0 Å². The van der Waals surface area contributed by atoms with E-state index in [4.69, 9.17) is 0 Å². The number of hydrogen-bond donors (Lipinski definition) is 1. The van der Waals surface area contributed by atoms with Gasteiger partial charge in [0.2, 0.25) is 0 Å². The maximum absolute atomic E-state index is 12.8. The van der Waals surface area contributed by atoms with Gasteiger partial charge in [0.15, 0.2) is 0 Å². The average Bonchev–Trinajstić information content (AvgIpc) is 2.27. The molecule has 0 unspecified atom stereocenters. The predicted molar refractivity (Wildman–Crippen MR) is 63.5 cm³/mol. The van der Waals surface area contributed by atoms with Crippen molar-refractivity contribution >= 4 is 11.7 Å². The van der Waals surface area contributed by atoms with Crippen LogP contribution in [0.1, 0.15) is 18.1 Å². The number of carbonyl (C=O) groups excluding carboxylic acids is 1. The number of urea groups is 1. The predicted octanol–water partition coefficient (Wildman–Crippen LogP) is 3.36. The zero-order valence-electron chi connectivity index (χ0n) is 10.4. The number of anilines is 1. The molecule has 1 rings (SSSR count). The van der Waals surface area contributed by atoms with Gasteiger partial charge in [-0.25, -0.2) is 4.79 Å². The molecular formula is C12H15F3N2O. The van der Waals surface area contributed by atoms with Crippen LogP contribution in [0.4, 0.5) is 23.7 Å². The highest BCUT2D eigenvalue weighted by Gasteiger charge is 2.33. The Kier molecular flexibility index (Phi) is 4.21. The molecule has 0 aliphatic rings. The van der Waals surface area contributed by atoms with E-state index in [9.17, 15) is 18.0 Å². The van der Waals surface area contributed by atoms with Gasteiger partial charge in [-0.1, -0.05) is 13.0 Å². The summed E-state index contributed by atoms with van der Waals surface area (Å²) in [6, 6.07) is 3.34. The van der Waals surface area contributed by atoms with Gasteiger partial charge in [0.25, 0.3) is 0 Å². The highest BCUT2D eigenvalue weighted by atomic mass is 19.4. The van der Waals surface area contributed by atoms with Crippen LogP contribution in [0.3, 0.4) is 0 Å². The van der Waals surface area contributed by atoms with E-state index in [0.29, 0.717) is 0 Å². The summed E-state index contributed by atoms with van der Waals surface area (Å²) in [6.45, 7) is 1.66. The number of benzene rings is 1. The molecule has 0 spiro atoms. The van der Waals surface area contributed by atoms with Crippen molar-refractivity contribution < 1.29 is 18.0 Å². The number of nitrogens with zero attached hydrogens (tertiary/aromatic N) is 1. The lowest BCUT2D eigenvalue weighted by Crippen LogP contribution is -2.27. The third-order valence-corrected chi connectivity index (χ3v) is 2.45. The number of alkyl halides is 3. The molecule has 6 heteroatoms. The van der Waals surface area contributed by atoms with Gasteiger partial charge in [-0.3, -0.25) is 0 Å². The zero-order valence-corrected chi connectivity index (χ0v) is 10.4. The standard InChI is InChI=1S/C12H15F3N2O/c1-4-8-5-6-9(16-11(18)17(2)3)7-10(8)12(13,14)15/h5-7H,4H2,1-3H3,(H,16,18). The highest BCUT2D eigenvalue weighted by molar-refractivity contribution is 5.89. The Labute approximate surface area is 104 Å². The highest BCUT2D eigenvalue weighted by Crippen LogP contribution is 2.34. The second-order valence-corrected chi connectivity index (χ2v) is 4.05. The first-order valence-corrected chi connectivity index (χ1v) is 5.44. The summed E-state index contributed by atoms with van der Waals surface area (Å²) in [6.07, 6.45) is -4.12. The van der Waals surface area contributed by atoms with Gasteiger partial charge >= 0.3 is 12.2 Å². The van der Waals surface area contributed by atoms with Crippen molar-refractivity contribution in [1.82, 2.24) is 4.90 Å². The molecule has 0 saturated heterocycles. The minimum atomic E-state index is -4.41. The summed E-state index contributed by atoms with van der Waals surface area (Å²) in [5.41, 5.74) is -0.356. The van der Waals surface area contributed by atoms with E-state index >= 15 is 0 Å². The molecule has 18 heavy (non-hydrogen) atoms. The summed E-state index contributed by atoms with van der Waals surface area (Å²) in [4.78, 5) is 12.6. The first-order chi connectivity index (χ1) is 8.25. The van der Waals surface area contributed by atoms with E-state index in [0.717, 1.165) is 6.07 Å². The van der Waals surface area contributed by atoms with Crippen LogP contribution in [0.15, 0.2) is 18.2 Å². The Morgan fingerprint density at radius 3 is 2.39 bits per heavy atom. The maximum atomic E-state index is 12.8. The van der Waals surface area contributed by atoms with Crippen molar-refractivity contribution in [3.63, 3.8) is 0 Å². The molecular weight excluding hydrogens is 245 g/mol. The molecule has 100 valence electrons. The van der Waals surface area contributed by atoms with E-state index < -0.39 is 17.8 Å². The van der Waals surface area contributed by atoms with Gasteiger partial charge in [-0.15, -0.1) is 0 Å². The van der Waals surface area contributed by atoms with Crippen LogP contribution < -0.4 is 5.32 Å². The van der Waals surface area contributed by atoms with Crippen molar-refractivity contribution in [2.75, 3.05) is 19.4 Å². The summed E-state index contributed by atoms with van der Waals surface area (Å²) in [5, 5.41) is 2.39. The van der Waals surface area contributed by atoms with Crippen LogP contribution in [0.5, 0.6) is 0 Å². The number of carbonyl (C=O) groups is 1. The van der Waals surface area contributed by atoms with E-state index in [1.54, 1.807) is 6.92 Å². The molecule has 0 heterocycles. The van der Waals surface area contributed by atoms with E-state index in [1.165, 1.54) is 31.1 Å². The molecule has 0 aromatic heterocycles. The van der Waals surface area contributed by atoms with Crippen molar-refractivity contribution in [1.29, 1.82) is 0 Å². The molecule has 0 radical (unpaired) electrons. The lowest BCUT2D eigenvalue weighted by molar-refractivity contribution is -0.138. The molecule has 0 bridgehead atoms. The fourth-order valence-corrected chi connectivity index (χ4v) is 1.46. The van der Waals surface area contributed by atoms with Crippen LogP contribution >= 0.6 is 0 Å². The number of hydrogen-bond acceptors (Lipinski definition) is 1. The zero-order chi connectivity index (χ0) is 13.9. The van der Waals surface area contributed by atoms with Crippen molar-refractivity contribution in [3.8, 4) is 0 Å². The number of amides is 2. The minimum Gasteiger partial charge on any atom is -0.331 e. The molecule has 0 aliphatic carbocycles. The molecule has 0 fully saturated rings. The van der Waals surface area contributed by atoms with Gasteiger partial charge in [0, 0.05) is 19.8 Å². The molecule has 2 amide bonds. The maximum Gasteiger partial charge on any atom is 0.416 e. The summed E-state index contributed by atoms with van der Waals surface area (Å²) in [5.74, 6) is 0. The molecule has 3 nitrogen and oxygen atoms in total. The van der Waals surface area contributed by atoms with E-state index in [2.05, 4.69) is 5.32 Å².